The number of hydrogen-bond acceptors (Lipinski definition) is 4. The minimum absolute atomic E-state index is 0.0556. The molecule has 0 spiro atoms. The lowest BCUT2D eigenvalue weighted by atomic mass is 9.77. The summed E-state index contributed by atoms with van der Waals surface area (Å²) < 4.78 is 32.1. The molecule has 2 fully saturated rings. The number of carbonyl (C=O) groups excluding carboxylic acids is 3. The van der Waals surface area contributed by atoms with Gasteiger partial charge in [-0.15, -0.1) is 0 Å². The van der Waals surface area contributed by atoms with Gasteiger partial charge in [-0.1, -0.05) is 32.8 Å². The van der Waals surface area contributed by atoms with Crippen molar-refractivity contribution in [3.8, 4) is 0 Å². The van der Waals surface area contributed by atoms with Crippen LogP contribution in [0.2, 0.25) is 0 Å². The molecule has 1 aromatic rings. The molecule has 0 unspecified atom stereocenters. The molecule has 1 saturated heterocycles. The zero-order valence-electron chi connectivity index (χ0n) is 16.6. The number of halogens is 2. The fourth-order valence-electron chi connectivity index (χ4n) is 4.25. The number of amides is 2. The molecule has 0 radical (unpaired) electrons. The first-order valence-corrected chi connectivity index (χ1v) is 9.98. The van der Waals surface area contributed by atoms with Gasteiger partial charge in [-0.3, -0.25) is 14.4 Å². The predicted octanol–water partition coefficient (Wildman–Crippen LogP) is 3.12. The van der Waals surface area contributed by atoms with Gasteiger partial charge in [-0.2, -0.15) is 0 Å². The first kappa shape index (κ1) is 21.2. The molecule has 6 nitrogen and oxygen atoms in total. The average Bonchev–Trinajstić information content (AvgIpc) is 3.06. The van der Waals surface area contributed by atoms with Crippen molar-refractivity contribution in [2.45, 2.75) is 45.6 Å². The highest BCUT2D eigenvalue weighted by Gasteiger charge is 2.42. The smallest absolute Gasteiger partial charge is 0.311 e. The van der Waals surface area contributed by atoms with Gasteiger partial charge < -0.3 is 15.0 Å². The van der Waals surface area contributed by atoms with Crippen LogP contribution in [0.5, 0.6) is 0 Å². The Morgan fingerprint density at radius 1 is 1.21 bits per heavy atom. The molecule has 2 amide bonds. The Bertz CT molecular complexity index is 781. The van der Waals surface area contributed by atoms with E-state index in [-0.39, 0.29) is 24.9 Å². The molecule has 29 heavy (non-hydrogen) atoms. The second kappa shape index (κ2) is 8.88. The number of likely N-dealkylation sites (tertiary alicyclic amines) is 1. The molecule has 8 heteroatoms. The lowest BCUT2D eigenvalue weighted by molar-refractivity contribution is -0.151. The van der Waals surface area contributed by atoms with Crippen molar-refractivity contribution in [2.75, 3.05) is 18.5 Å². The standard InChI is InChI=1S/C21H26F2N2O4/c1-12-5-3-8-17(13(12)2)25-10-14(9-19(25)27)21(28)29-11-18(26)24-20-15(22)6-4-7-16(20)23/h4,6-7,12-14,17H,3,5,8-11H2,1-2H3,(H,24,26)/t12-,13+,14+,17+/m0/s1. The summed E-state index contributed by atoms with van der Waals surface area (Å²) in [4.78, 5) is 38.4. The SMILES string of the molecule is C[C@H]1[C@H](N2C[C@H](C(=O)OCC(=O)Nc3c(F)cccc3F)CC2=O)CCC[C@@H]1C. The predicted molar refractivity (Wildman–Crippen MR) is 102 cm³/mol. The van der Waals surface area contributed by atoms with E-state index >= 15 is 0 Å². The van der Waals surface area contributed by atoms with Crippen LogP contribution in [0.1, 0.15) is 39.5 Å². The van der Waals surface area contributed by atoms with Crippen molar-refractivity contribution in [3.63, 3.8) is 0 Å². The Kier molecular flexibility index (Phi) is 6.49. The summed E-state index contributed by atoms with van der Waals surface area (Å²) in [6, 6.07) is 3.32. The van der Waals surface area contributed by atoms with E-state index in [1.165, 1.54) is 6.07 Å². The molecule has 4 atom stereocenters. The molecule has 1 heterocycles. The molecule has 158 valence electrons. The van der Waals surface area contributed by atoms with Crippen LogP contribution < -0.4 is 5.32 Å². The van der Waals surface area contributed by atoms with Crippen molar-refractivity contribution in [1.29, 1.82) is 0 Å². The number of para-hydroxylation sites is 1. The molecule has 0 bridgehead atoms. The molecule has 1 aromatic carbocycles. The molecule has 1 saturated carbocycles. The van der Waals surface area contributed by atoms with E-state index in [2.05, 4.69) is 19.2 Å². The highest BCUT2D eigenvalue weighted by Crippen LogP contribution is 2.35. The molecule has 1 N–H and O–H groups in total. The normalized spacial score (nSPS) is 27.0. The fraction of sp³-hybridized carbons (Fsp3) is 0.571. The van der Waals surface area contributed by atoms with Crippen LogP contribution in [-0.2, 0) is 19.1 Å². The molecular weight excluding hydrogens is 382 g/mol. The largest absolute Gasteiger partial charge is 0.455 e. The second-order valence-electron chi connectivity index (χ2n) is 8.03. The van der Waals surface area contributed by atoms with Gasteiger partial charge in [0.25, 0.3) is 5.91 Å². The number of ether oxygens (including phenoxy) is 1. The van der Waals surface area contributed by atoms with Gasteiger partial charge in [0, 0.05) is 19.0 Å². The summed E-state index contributed by atoms with van der Waals surface area (Å²) in [5, 5.41) is 2.06. The van der Waals surface area contributed by atoms with E-state index in [0.29, 0.717) is 11.8 Å². The minimum Gasteiger partial charge on any atom is -0.455 e. The van der Waals surface area contributed by atoms with Crippen LogP contribution in [0.3, 0.4) is 0 Å². The third-order valence-corrected chi connectivity index (χ3v) is 6.13. The summed E-state index contributed by atoms with van der Waals surface area (Å²) in [5.41, 5.74) is -0.587. The number of hydrogen-bond donors (Lipinski definition) is 1. The average molecular weight is 408 g/mol. The maximum Gasteiger partial charge on any atom is 0.311 e. The van der Waals surface area contributed by atoms with Crippen molar-refractivity contribution in [3.05, 3.63) is 29.8 Å². The first-order valence-electron chi connectivity index (χ1n) is 9.98. The van der Waals surface area contributed by atoms with Crippen LogP contribution in [0.25, 0.3) is 0 Å². The highest BCUT2D eigenvalue weighted by atomic mass is 19.1. The summed E-state index contributed by atoms with van der Waals surface area (Å²) in [7, 11) is 0. The summed E-state index contributed by atoms with van der Waals surface area (Å²) in [6.07, 6.45) is 3.18. The number of anilines is 1. The summed E-state index contributed by atoms with van der Waals surface area (Å²) in [6.45, 7) is 3.93. The van der Waals surface area contributed by atoms with E-state index in [4.69, 9.17) is 4.74 Å². The van der Waals surface area contributed by atoms with Gasteiger partial charge in [-0.05, 0) is 30.4 Å². The Morgan fingerprint density at radius 3 is 2.59 bits per heavy atom. The van der Waals surface area contributed by atoms with Crippen LogP contribution >= 0.6 is 0 Å². The van der Waals surface area contributed by atoms with E-state index in [1.54, 1.807) is 4.90 Å². The molecule has 2 aliphatic rings. The van der Waals surface area contributed by atoms with Crippen LogP contribution in [0.15, 0.2) is 18.2 Å². The zero-order chi connectivity index (χ0) is 21.1. The van der Waals surface area contributed by atoms with Crippen LogP contribution in [0.4, 0.5) is 14.5 Å². The van der Waals surface area contributed by atoms with Crippen molar-refractivity contribution in [2.24, 2.45) is 17.8 Å². The first-order chi connectivity index (χ1) is 13.8. The molecule has 1 aliphatic heterocycles. The molecule has 0 aromatic heterocycles. The fourth-order valence-corrected chi connectivity index (χ4v) is 4.25. The molecule has 3 rings (SSSR count). The van der Waals surface area contributed by atoms with E-state index in [9.17, 15) is 23.2 Å². The number of nitrogens with zero attached hydrogens (tertiary/aromatic N) is 1. The van der Waals surface area contributed by atoms with Gasteiger partial charge in [0.2, 0.25) is 5.91 Å². The summed E-state index contributed by atoms with van der Waals surface area (Å²) in [5.74, 6) is -3.16. The van der Waals surface area contributed by atoms with Crippen LogP contribution in [0, 0.1) is 29.4 Å². The zero-order valence-corrected chi connectivity index (χ0v) is 16.6. The van der Waals surface area contributed by atoms with Crippen LogP contribution in [-0.4, -0.2) is 41.9 Å². The monoisotopic (exact) mass is 408 g/mol. The Morgan fingerprint density at radius 2 is 1.90 bits per heavy atom. The number of rotatable bonds is 5. The minimum atomic E-state index is -0.919. The lowest BCUT2D eigenvalue weighted by Crippen LogP contribution is -2.45. The van der Waals surface area contributed by atoms with Crippen molar-refractivity contribution in [1.82, 2.24) is 4.90 Å². The lowest BCUT2D eigenvalue weighted by Gasteiger charge is -2.39. The van der Waals surface area contributed by atoms with Gasteiger partial charge in [0.05, 0.1) is 5.92 Å². The number of benzene rings is 1. The molecular formula is C21H26F2N2O4. The number of nitrogens with one attached hydrogen (secondary N) is 1. The third kappa shape index (κ3) is 4.74. The Balaban J connectivity index is 1.52. The third-order valence-electron chi connectivity index (χ3n) is 6.13. The van der Waals surface area contributed by atoms with Crippen molar-refractivity contribution >= 4 is 23.5 Å². The molecule has 1 aliphatic carbocycles. The van der Waals surface area contributed by atoms with Gasteiger partial charge in [-0.25, -0.2) is 8.78 Å². The van der Waals surface area contributed by atoms with E-state index in [0.717, 1.165) is 31.4 Å². The van der Waals surface area contributed by atoms with Gasteiger partial charge in [0.1, 0.15) is 17.3 Å². The summed E-state index contributed by atoms with van der Waals surface area (Å²) >= 11 is 0. The second-order valence-corrected chi connectivity index (χ2v) is 8.03. The highest BCUT2D eigenvalue weighted by molar-refractivity contribution is 5.94. The quantitative estimate of drug-likeness (QED) is 0.760. The van der Waals surface area contributed by atoms with Crippen molar-refractivity contribution < 1.29 is 27.9 Å². The van der Waals surface area contributed by atoms with E-state index < -0.39 is 41.7 Å². The maximum atomic E-state index is 13.6. The number of esters is 1. The number of carbonyl (C=O) groups is 3. The Labute approximate surface area is 168 Å². The topological polar surface area (TPSA) is 75.7 Å². The van der Waals surface area contributed by atoms with Gasteiger partial charge in [0.15, 0.2) is 6.61 Å². The Hall–Kier alpha value is -2.51. The van der Waals surface area contributed by atoms with E-state index in [1.807, 2.05) is 0 Å². The maximum absolute atomic E-state index is 13.6. The van der Waals surface area contributed by atoms with Gasteiger partial charge >= 0.3 is 5.97 Å².